The highest BCUT2D eigenvalue weighted by atomic mass is 16.3. The number of hydrogen-bond donors (Lipinski definition) is 2. The lowest BCUT2D eigenvalue weighted by Crippen LogP contribution is -2.49. The molecule has 0 heterocycles. The second kappa shape index (κ2) is 5.57. The van der Waals surface area contributed by atoms with Crippen molar-refractivity contribution < 1.29 is 9.90 Å². The maximum Gasteiger partial charge on any atom is 0.227 e. The van der Waals surface area contributed by atoms with Crippen molar-refractivity contribution in [3.8, 4) is 0 Å². The van der Waals surface area contributed by atoms with Crippen LogP contribution in [-0.2, 0) is 4.79 Å². The highest BCUT2D eigenvalue weighted by molar-refractivity contribution is 5.79. The molecule has 2 saturated carbocycles. The molecule has 4 heteroatoms. The molecule has 0 aromatic rings. The molecule has 0 bridgehead atoms. The molecule has 3 unspecified atom stereocenters. The van der Waals surface area contributed by atoms with Crippen LogP contribution in [0.25, 0.3) is 0 Å². The summed E-state index contributed by atoms with van der Waals surface area (Å²) < 4.78 is 0. The molecular formula is C14H26N2O2. The van der Waals surface area contributed by atoms with Gasteiger partial charge in [-0.2, -0.15) is 0 Å². The van der Waals surface area contributed by atoms with Gasteiger partial charge < -0.3 is 15.7 Å². The summed E-state index contributed by atoms with van der Waals surface area (Å²) in [4.78, 5) is 14.2. The fourth-order valence-electron chi connectivity index (χ4n) is 3.34. The van der Waals surface area contributed by atoms with Crippen molar-refractivity contribution in [3.63, 3.8) is 0 Å². The van der Waals surface area contributed by atoms with E-state index in [4.69, 9.17) is 5.73 Å². The van der Waals surface area contributed by atoms with Gasteiger partial charge in [0.25, 0.3) is 0 Å². The Bertz CT molecular complexity index is 302. The first-order valence-electron chi connectivity index (χ1n) is 7.17. The van der Waals surface area contributed by atoms with Gasteiger partial charge >= 0.3 is 0 Å². The number of hydrogen-bond acceptors (Lipinski definition) is 3. The van der Waals surface area contributed by atoms with Gasteiger partial charge in [0.1, 0.15) is 0 Å². The van der Waals surface area contributed by atoms with Crippen molar-refractivity contribution in [2.24, 2.45) is 23.5 Å². The standard InChI is InChI=1S/C14H26N2O2/c1-9-4-3-5-12(13(9)15)14(18)16(2)8-10-6-11(17)7-10/h9-13,17H,3-8,15H2,1-2H3. The fraction of sp³-hybridized carbons (Fsp3) is 0.929. The second-order valence-corrected chi connectivity index (χ2v) is 6.30. The van der Waals surface area contributed by atoms with Crippen molar-refractivity contribution >= 4 is 5.91 Å². The molecule has 0 aromatic carbocycles. The third kappa shape index (κ3) is 2.86. The molecule has 2 aliphatic rings. The third-order valence-electron chi connectivity index (χ3n) is 4.73. The zero-order valence-corrected chi connectivity index (χ0v) is 11.5. The molecule has 2 rings (SSSR count). The van der Waals surface area contributed by atoms with Crippen molar-refractivity contribution in [1.29, 1.82) is 0 Å². The van der Waals surface area contributed by atoms with Crippen LogP contribution in [0.4, 0.5) is 0 Å². The van der Waals surface area contributed by atoms with Gasteiger partial charge in [0.15, 0.2) is 0 Å². The lowest BCUT2D eigenvalue weighted by molar-refractivity contribution is -0.138. The lowest BCUT2D eigenvalue weighted by atomic mass is 9.77. The van der Waals surface area contributed by atoms with E-state index in [2.05, 4.69) is 6.92 Å². The lowest BCUT2D eigenvalue weighted by Gasteiger charge is -2.38. The Hall–Kier alpha value is -0.610. The number of nitrogens with two attached hydrogens (primary N) is 1. The molecule has 2 fully saturated rings. The zero-order valence-electron chi connectivity index (χ0n) is 11.5. The summed E-state index contributed by atoms with van der Waals surface area (Å²) >= 11 is 0. The Balaban J connectivity index is 1.85. The van der Waals surface area contributed by atoms with Crippen LogP contribution in [-0.4, -0.2) is 41.7 Å². The van der Waals surface area contributed by atoms with Crippen LogP contribution in [0.5, 0.6) is 0 Å². The van der Waals surface area contributed by atoms with Gasteiger partial charge in [0.05, 0.1) is 12.0 Å². The maximum atomic E-state index is 12.4. The number of amides is 1. The molecule has 104 valence electrons. The molecule has 3 atom stereocenters. The zero-order chi connectivity index (χ0) is 13.3. The minimum Gasteiger partial charge on any atom is -0.393 e. The van der Waals surface area contributed by atoms with E-state index in [0.717, 1.165) is 38.6 Å². The van der Waals surface area contributed by atoms with E-state index in [1.54, 1.807) is 0 Å². The van der Waals surface area contributed by atoms with E-state index in [-0.39, 0.29) is 24.0 Å². The smallest absolute Gasteiger partial charge is 0.227 e. The number of nitrogens with zero attached hydrogens (tertiary/aromatic N) is 1. The molecule has 0 spiro atoms. The molecule has 4 nitrogen and oxygen atoms in total. The average Bonchev–Trinajstić information content (AvgIpc) is 2.30. The van der Waals surface area contributed by atoms with Crippen LogP contribution < -0.4 is 5.73 Å². The normalized spacial score (nSPS) is 40.1. The first-order chi connectivity index (χ1) is 8.49. The monoisotopic (exact) mass is 254 g/mol. The number of aliphatic hydroxyl groups is 1. The molecule has 0 aliphatic heterocycles. The Morgan fingerprint density at radius 1 is 1.39 bits per heavy atom. The van der Waals surface area contributed by atoms with Crippen LogP contribution in [0, 0.1) is 17.8 Å². The van der Waals surface area contributed by atoms with Gasteiger partial charge in [-0.25, -0.2) is 0 Å². The SMILES string of the molecule is CC1CCCC(C(=O)N(C)CC2CC(O)C2)C1N. The van der Waals surface area contributed by atoms with Gasteiger partial charge in [0.2, 0.25) is 5.91 Å². The van der Waals surface area contributed by atoms with Crippen molar-refractivity contribution in [2.45, 2.75) is 51.2 Å². The summed E-state index contributed by atoms with van der Waals surface area (Å²) in [5.41, 5.74) is 6.17. The predicted octanol–water partition coefficient (Wildman–Crippen LogP) is 0.979. The third-order valence-corrected chi connectivity index (χ3v) is 4.73. The molecule has 18 heavy (non-hydrogen) atoms. The van der Waals surface area contributed by atoms with Crippen molar-refractivity contribution in [3.05, 3.63) is 0 Å². The van der Waals surface area contributed by atoms with E-state index in [0.29, 0.717) is 11.8 Å². The average molecular weight is 254 g/mol. The van der Waals surface area contributed by atoms with Gasteiger partial charge in [-0.3, -0.25) is 4.79 Å². The molecule has 1 amide bonds. The maximum absolute atomic E-state index is 12.4. The van der Waals surface area contributed by atoms with E-state index in [1.165, 1.54) is 0 Å². The molecule has 0 aromatic heterocycles. The highest BCUT2D eigenvalue weighted by Gasteiger charge is 2.36. The highest BCUT2D eigenvalue weighted by Crippen LogP contribution is 2.31. The van der Waals surface area contributed by atoms with Crippen LogP contribution in [0.1, 0.15) is 39.0 Å². The van der Waals surface area contributed by atoms with Crippen LogP contribution in [0.2, 0.25) is 0 Å². The summed E-state index contributed by atoms with van der Waals surface area (Å²) in [7, 11) is 1.87. The first kappa shape index (κ1) is 13.8. The number of rotatable bonds is 3. The largest absolute Gasteiger partial charge is 0.393 e. The summed E-state index contributed by atoms with van der Waals surface area (Å²) in [5.74, 6) is 1.14. The number of carbonyl (C=O) groups is 1. The van der Waals surface area contributed by atoms with Crippen molar-refractivity contribution in [2.75, 3.05) is 13.6 Å². The molecule has 2 aliphatic carbocycles. The Kier molecular flexibility index (Phi) is 4.28. The van der Waals surface area contributed by atoms with E-state index in [1.807, 2.05) is 11.9 Å². The molecule has 0 radical (unpaired) electrons. The Labute approximate surface area is 110 Å². The van der Waals surface area contributed by atoms with Crippen LogP contribution in [0.15, 0.2) is 0 Å². The quantitative estimate of drug-likeness (QED) is 0.789. The molecule has 0 saturated heterocycles. The van der Waals surface area contributed by atoms with Crippen molar-refractivity contribution in [1.82, 2.24) is 4.90 Å². The minimum atomic E-state index is -0.143. The van der Waals surface area contributed by atoms with Gasteiger partial charge in [0, 0.05) is 19.6 Å². The molecular weight excluding hydrogens is 228 g/mol. The summed E-state index contributed by atoms with van der Waals surface area (Å²) in [6.45, 7) is 2.92. The summed E-state index contributed by atoms with van der Waals surface area (Å²) in [5, 5.41) is 9.27. The van der Waals surface area contributed by atoms with Gasteiger partial charge in [-0.05, 0) is 37.5 Å². The summed E-state index contributed by atoms with van der Waals surface area (Å²) in [6.07, 6.45) is 4.72. The van der Waals surface area contributed by atoms with Gasteiger partial charge in [-0.15, -0.1) is 0 Å². The molecule has 3 N–H and O–H groups in total. The fourth-order valence-corrected chi connectivity index (χ4v) is 3.34. The Morgan fingerprint density at radius 2 is 2.06 bits per heavy atom. The van der Waals surface area contributed by atoms with Gasteiger partial charge in [-0.1, -0.05) is 13.3 Å². The Morgan fingerprint density at radius 3 is 2.67 bits per heavy atom. The predicted molar refractivity (Wildman–Crippen MR) is 70.8 cm³/mol. The van der Waals surface area contributed by atoms with Crippen LogP contribution >= 0.6 is 0 Å². The second-order valence-electron chi connectivity index (χ2n) is 6.30. The minimum absolute atomic E-state index is 0.00347. The topological polar surface area (TPSA) is 66.6 Å². The van der Waals surface area contributed by atoms with Crippen LogP contribution in [0.3, 0.4) is 0 Å². The van der Waals surface area contributed by atoms with E-state index in [9.17, 15) is 9.90 Å². The van der Waals surface area contributed by atoms with E-state index < -0.39 is 0 Å². The van der Waals surface area contributed by atoms with E-state index >= 15 is 0 Å². The summed E-state index contributed by atoms with van der Waals surface area (Å²) in [6, 6.07) is 0.0145. The first-order valence-corrected chi connectivity index (χ1v) is 7.17. The number of aliphatic hydroxyl groups excluding tert-OH is 1. The number of carbonyl (C=O) groups excluding carboxylic acids is 1.